The number of nitrogens with two attached hydrogens (primary N) is 1. The van der Waals surface area contributed by atoms with Gasteiger partial charge in [-0.3, -0.25) is 14.4 Å². The summed E-state index contributed by atoms with van der Waals surface area (Å²) in [6, 6.07) is 20.2. The van der Waals surface area contributed by atoms with E-state index in [0.717, 1.165) is 35.2 Å². The van der Waals surface area contributed by atoms with Gasteiger partial charge in [0.05, 0.1) is 6.54 Å². The van der Waals surface area contributed by atoms with Crippen molar-refractivity contribution in [3.63, 3.8) is 0 Å². The van der Waals surface area contributed by atoms with Gasteiger partial charge in [-0.2, -0.15) is 0 Å². The molecular weight excluding hydrogens is 512 g/mol. The summed E-state index contributed by atoms with van der Waals surface area (Å²) in [5.41, 5.74) is 10.5. The molecule has 0 spiro atoms. The Balaban J connectivity index is 1.42. The minimum Gasteiger partial charge on any atom is -0.331 e. The fourth-order valence-corrected chi connectivity index (χ4v) is 5.08. The molecule has 2 aliphatic rings. The molecule has 0 atom stereocenters. The van der Waals surface area contributed by atoms with Crippen molar-refractivity contribution < 1.29 is 14.4 Å². The summed E-state index contributed by atoms with van der Waals surface area (Å²) in [6.07, 6.45) is 5.62. The van der Waals surface area contributed by atoms with E-state index in [1.54, 1.807) is 39.0 Å². The second-order valence-electron chi connectivity index (χ2n) is 9.88. The summed E-state index contributed by atoms with van der Waals surface area (Å²) in [6.45, 7) is 2.42. The third kappa shape index (κ3) is 6.05. The summed E-state index contributed by atoms with van der Waals surface area (Å²) in [5, 5.41) is 0.546. The zero-order valence-corrected chi connectivity index (χ0v) is 22.4. The van der Waals surface area contributed by atoms with Crippen molar-refractivity contribution in [3.05, 3.63) is 112 Å². The van der Waals surface area contributed by atoms with Gasteiger partial charge in [0.2, 0.25) is 5.91 Å². The molecule has 7 nitrogen and oxygen atoms in total. The molecule has 0 aliphatic carbocycles. The van der Waals surface area contributed by atoms with E-state index in [9.17, 15) is 14.4 Å². The van der Waals surface area contributed by atoms with E-state index in [1.165, 1.54) is 0 Å². The van der Waals surface area contributed by atoms with E-state index >= 15 is 0 Å². The van der Waals surface area contributed by atoms with E-state index in [4.69, 9.17) is 17.3 Å². The van der Waals surface area contributed by atoms with Crippen LogP contribution in [0.25, 0.3) is 0 Å². The fraction of sp³-hybridized carbons (Fsp3) is 0.258. The number of halogens is 1. The number of amides is 3. The first-order valence-corrected chi connectivity index (χ1v) is 13.5. The molecule has 0 unspecified atom stereocenters. The van der Waals surface area contributed by atoms with Gasteiger partial charge in [-0.1, -0.05) is 48.0 Å². The summed E-state index contributed by atoms with van der Waals surface area (Å²) < 4.78 is 0. The van der Waals surface area contributed by atoms with Gasteiger partial charge in [0.1, 0.15) is 6.54 Å². The number of benzene rings is 3. The zero-order chi connectivity index (χ0) is 27.4. The number of aryl methyl sites for hydroxylation is 1. The highest BCUT2D eigenvalue weighted by Gasteiger charge is 2.30. The minimum absolute atomic E-state index is 0.0105. The Morgan fingerprint density at radius 2 is 1.41 bits per heavy atom. The molecule has 3 aromatic rings. The molecule has 0 saturated heterocycles. The van der Waals surface area contributed by atoms with Crippen LogP contribution in [0.15, 0.2) is 78.9 Å². The molecule has 2 heterocycles. The van der Waals surface area contributed by atoms with Crippen LogP contribution < -0.4 is 10.6 Å². The maximum Gasteiger partial charge on any atom is 0.254 e. The van der Waals surface area contributed by atoms with Gasteiger partial charge in [0.25, 0.3) is 11.8 Å². The van der Waals surface area contributed by atoms with Crippen LogP contribution in [0.4, 0.5) is 5.69 Å². The van der Waals surface area contributed by atoms with Crippen LogP contribution in [-0.4, -0.2) is 53.7 Å². The van der Waals surface area contributed by atoms with Gasteiger partial charge in [-0.05, 0) is 78.5 Å². The van der Waals surface area contributed by atoms with E-state index in [-0.39, 0.29) is 24.3 Å². The number of carbonyl (C=O) groups is 3. The Labute approximate surface area is 233 Å². The maximum absolute atomic E-state index is 13.7. The summed E-state index contributed by atoms with van der Waals surface area (Å²) >= 11 is 6.01. The smallest absolute Gasteiger partial charge is 0.254 e. The SMILES string of the molecule is NCCCc1ccc2c(c1)N(Cc1ccc(C(=O)N3CC=CC3)cc1)C(=O)CN(C(=O)c1ccc(Cl)cc1)C2. The topological polar surface area (TPSA) is 86.9 Å². The molecule has 5 rings (SSSR count). The predicted octanol–water partition coefficient (Wildman–Crippen LogP) is 4.43. The van der Waals surface area contributed by atoms with Crippen LogP contribution in [-0.2, 0) is 24.3 Å². The van der Waals surface area contributed by atoms with Gasteiger partial charge in [-0.15, -0.1) is 0 Å². The highest BCUT2D eigenvalue weighted by Crippen LogP contribution is 2.30. The number of fused-ring (bicyclic) bond motifs is 1. The molecule has 0 bridgehead atoms. The number of hydrogen-bond acceptors (Lipinski definition) is 4. The Bertz CT molecular complexity index is 1390. The molecule has 200 valence electrons. The second-order valence-corrected chi connectivity index (χ2v) is 10.3. The first-order valence-electron chi connectivity index (χ1n) is 13.1. The average Bonchev–Trinajstić information content (AvgIpc) is 3.46. The lowest BCUT2D eigenvalue weighted by Crippen LogP contribution is -2.39. The van der Waals surface area contributed by atoms with Crippen molar-refractivity contribution in [1.82, 2.24) is 9.80 Å². The van der Waals surface area contributed by atoms with Gasteiger partial charge >= 0.3 is 0 Å². The van der Waals surface area contributed by atoms with Crippen molar-refractivity contribution in [1.29, 1.82) is 0 Å². The molecule has 2 aliphatic heterocycles. The molecule has 8 heteroatoms. The molecule has 0 radical (unpaired) electrons. The Hall–Kier alpha value is -3.94. The van der Waals surface area contributed by atoms with Crippen LogP contribution in [0.2, 0.25) is 5.02 Å². The van der Waals surface area contributed by atoms with Gasteiger partial charge in [-0.25, -0.2) is 0 Å². The van der Waals surface area contributed by atoms with Crippen molar-refractivity contribution in [2.45, 2.75) is 25.9 Å². The van der Waals surface area contributed by atoms with Crippen molar-refractivity contribution >= 4 is 35.0 Å². The van der Waals surface area contributed by atoms with Crippen LogP contribution in [0, 0.1) is 0 Å². The monoisotopic (exact) mass is 542 g/mol. The molecule has 0 fully saturated rings. The van der Waals surface area contributed by atoms with Crippen LogP contribution in [0.3, 0.4) is 0 Å². The second kappa shape index (κ2) is 11.8. The largest absolute Gasteiger partial charge is 0.331 e. The summed E-state index contributed by atoms with van der Waals surface area (Å²) in [7, 11) is 0. The number of rotatable bonds is 7. The van der Waals surface area contributed by atoms with Crippen LogP contribution in [0.1, 0.15) is 43.8 Å². The lowest BCUT2D eigenvalue weighted by Gasteiger charge is -2.24. The lowest BCUT2D eigenvalue weighted by atomic mass is 10.0. The molecule has 39 heavy (non-hydrogen) atoms. The molecule has 2 N–H and O–H groups in total. The molecular formula is C31H31ClN4O3. The van der Waals surface area contributed by atoms with Crippen molar-refractivity contribution in [3.8, 4) is 0 Å². The average molecular weight is 543 g/mol. The Morgan fingerprint density at radius 1 is 0.795 bits per heavy atom. The molecule has 3 amide bonds. The summed E-state index contributed by atoms with van der Waals surface area (Å²) in [4.78, 5) is 44.9. The minimum atomic E-state index is -0.223. The lowest BCUT2D eigenvalue weighted by molar-refractivity contribution is -0.119. The highest BCUT2D eigenvalue weighted by molar-refractivity contribution is 6.30. The predicted molar refractivity (Wildman–Crippen MR) is 153 cm³/mol. The van der Waals surface area contributed by atoms with Crippen molar-refractivity contribution in [2.75, 3.05) is 31.1 Å². The van der Waals surface area contributed by atoms with Crippen molar-refractivity contribution in [2.24, 2.45) is 5.73 Å². The number of anilines is 1. The third-order valence-electron chi connectivity index (χ3n) is 7.12. The first kappa shape index (κ1) is 26.7. The van der Waals surface area contributed by atoms with E-state index in [2.05, 4.69) is 0 Å². The summed E-state index contributed by atoms with van der Waals surface area (Å²) in [5.74, 6) is -0.404. The highest BCUT2D eigenvalue weighted by atomic mass is 35.5. The standard InChI is InChI=1S/C31H31ClN4O3/c32-27-13-11-25(12-14-27)31(39)35-20-26-10-5-22(4-3-15-33)18-28(26)36(29(37)21-35)19-23-6-8-24(9-7-23)30(38)34-16-1-2-17-34/h1-2,5-14,18H,3-4,15-17,19-21,33H2. The normalized spacial score (nSPS) is 14.9. The van der Waals surface area contributed by atoms with Crippen LogP contribution in [0.5, 0.6) is 0 Å². The van der Waals surface area contributed by atoms with E-state index in [0.29, 0.717) is 48.9 Å². The molecule has 0 aromatic heterocycles. The number of nitrogens with zero attached hydrogens (tertiary/aromatic N) is 3. The first-order chi connectivity index (χ1) is 18.9. The van der Waals surface area contributed by atoms with E-state index < -0.39 is 0 Å². The third-order valence-corrected chi connectivity index (χ3v) is 7.38. The zero-order valence-electron chi connectivity index (χ0n) is 21.7. The quantitative estimate of drug-likeness (QED) is 0.447. The van der Waals surface area contributed by atoms with Crippen LogP contribution >= 0.6 is 11.6 Å². The molecule has 3 aromatic carbocycles. The fourth-order valence-electron chi connectivity index (χ4n) is 4.95. The number of hydrogen-bond donors (Lipinski definition) is 1. The van der Waals surface area contributed by atoms with Gasteiger partial charge in [0, 0.05) is 41.5 Å². The van der Waals surface area contributed by atoms with E-state index in [1.807, 2.05) is 54.6 Å². The number of carbonyl (C=O) groups excluding carboxylic acids is 3. The Morgan fingerprint density at radius 3 is 2.08 bits per heavy atom. The molecule has 0 saturated carbocycles. The Kier molecular flexibility index (Phi) is 8.10. The maximum atomic E-state index is 13.7. The van der Waals surface area contributed by atoms with Gasteiger partial charge in [0.15, 0.2) is 0 Å². The van der Waals surface area contributed by atoms with Gasteiger partial charge < -0.3 is 20.4 Å².